The summed E-state index contributed by atoms with van der Waals surface area (Å²) < 4.78 is 41.8. The highest BCUT2D eigenvalue weighted by Crippen LogP contribution is 2.41. The fraction of sp³-hybridized carbons (Fsp3) is 0.231. The lowest BCUT2D eigenvalue weighted by Crippen LogP contribution is -2.32. The number of ketones is 1. The number of alkyl halides is 3. The van der Waals surface area contributed by atoms with E-state index in [2.05, 4.69) is 14.7 Å². The van der Waals surface area contributed by atoms with Crippen LogP contribution in [0.4, 0.5) is 19.1 Å². The minimum Gasteiger partial charge on any atom is -0.503 e. The second-order valence-electron chi connectivity index (χ2n) is 8.62. The fourth-order valence-corrected chi connectivity index (χ4v) is 3.90. The number of Topliss-reactive ketones (excluding diaryl/α,β-unsaturated/α-hetero) is 1. The number of amides is 1. The van der Waals surface area contributed by atoms with Crippen LogP contribution in [-0.4, -0.2) is 33.1 Å². The minimum atomic E-state index is -4.88. The third-order valence-electron chi connectivity index (χ3n) is 5.70. The van der Waals surface area contributed by atoms with E-state index in [0.29, 0.717) is 5.56 Å². The van der Waals surface area contributed by atoms with Crippen LogP contribution in [0.2, 0.25) is 0 Å². The maximum Gasteiger partial charge on any atom is 0.573 e. The van der Waals surface area contributed by atoms with Crippen molar-refractivity contribution >= 4 is 17.6 Å². The number of aryl methyl sites for hydroxylation is 1. The number of carbonyl (C=O) groups is 2. The predicted octanol–water partition coefficient (Wildman–Crippen LogP) is 5.59. The molecule has 1 atom stereocenters. The molecule has 1 aromatic heterocycles. The number of ether oxygens (including phenoxy) is 1. The lowest BCUT2D eigenvalue weighted by atomic mass is 9.91. The quantitative estimate of drug-likeness (QED) is 0.447. The van der Waals surface area contributed by atoms with Gasteiger partial charge in [0.25, 0.3) is 5.91 Å². The van der Waals surface area contributed by atoms with Gasteiger partial charge in [-0.3, -0.25) is 14.5 Å². The Morgan fingerprint density at radius 2 is 1.61 bits per heavy atom. The van der Waals surface area contributed by atoms with Crippen LogP contribution in [-0.2, 0) is 4.79 Å². The normalized spacial score (nSPS) is 16.1. The summed E-state index contributed by atoms with van der Waals surface area (Å²) in [5.74, 6) is -2.60. The highest BCUT2D eigenvalue weighted by molar-refractivity contribution is 6.20. The maximum atomic E-state index is 13.5. The molecule has 186 valence electrons. The lowest BCUT2D eigenvalue weighted by Gasteiger charge is -2.25. The van der Waals surface area contributed by atoms with Crippen molar-refractivity contribution in [2.75, 3.05) is 4.90 Å². The smallest absolute Gasteiger partial charge is 0.503 e. The molecule has 7 nitrogen and oxygen atoms in total. The van der Waals surface area contributed by atoms with E-state index in [1.54, 1.807) is 31.2 Å². The Hall–Kier alpha value is -4.21. The second-order valence-corrected chi connectivity index (χ2v) is 8.62. The summed E-state index contributed by atoms with van der Waals surface area (Å²) >= 11 is 0. The molecule has 10 heteroatoms. The van der Waals surface area contributed by atoms with Crippen LogP contribution in [0.3, 0.4) is 0 Å². The molecule has 1 amide bonds. The first kappa shape index (κ1) is 24.9. The Morgan fingerprint density at radius 3 is 2.14 bits per heavy atom. The zero-order valence-electron chi connectivity index (χ0n) is 19.6. The van der Waals surface area contributed by atoms with Gasteiger partial charge < -0.3 is 9.84 Å². The highest BCUT2D eigenvalue weighted by atomic mass is 19.4. The average Bonchev–Trinajstić information content (AvgIpc) is 3.09. The molecule has 0 aliphatic carbocycles. The molecular weight excluding hydrogens is 475 g/mol. The molecular formula is C26H22F3N3O4. The van der Waals surface area contributed by atoms with Gasteiger partial charge in [0.2, 0.25) is 5.95 Å². The molecule has 2 aromatic carbocycles. The van der Waals surface area contributed by atoms with E-state index >= 15 is 0 Å². The van der Waals surface area contributed by atoms with Crippen LogP contribution in [0, 0.1) is 6.92 Å². The van der Waals surface area contributed by atoms with Crippen LogP contribution in [0.1, 0.15) is 52.9 Å². The third-order valence-corrected chi connectivity index (χ3v) is 5.70. The molecule has 1 aliphatic heterocycles. The molecule has 4 rings (SSSR count). The summed E-state index contributed by atoms with van der Waals surface area (Å²) in [6.07, 6.45) is -1.95. The van der Waals surface area contributed by atoms with Crippen molar-refractivity contribution in [2.24, 2.45) is 0 Å². The van der Waals surface area contributed by atoms with Crippen LogP contribution in [0.25, 0.3) is 0 Å². The monoisotopic (exact) mass is 497 g/mol. The van der Waals surface area contributed by atoms with Crippen molar-refractivity contribution in [1.29, 1.82) is 0 Å². The first-order valence-corrected chi connectivity index (χ1v) is 11.0. The predicted molar refractivity (Wildman–Crippen MR) is 125 cm³/mol. The van der Waals surface area contributed by atoms with Gasteiger partial charge in [0.1, 0.15) is 5.75 Å². The van der Waals surface area contributed by atoms with Gasteiger partial charge >= 0.3 is 6.36 Å². The van der Waals surface area contributed by atoms with Crippen molar-refractivity contribution in [3.63, 3.8) is 0 Å². The topological polar surface area (TPSA) is 92.6 Å². The van der Waals surface area contributed by atoms with Gasteiger partial charge in [0, 0.05) is 18.0 Å². The number of hydrogen-bond donors (Lipinski definition) is 1. The van der Waals surface area contributed by atoms with E-state index in [1.165, 1.54) is 24.5 Å². The molecule has 0 radical (unpaired) electrons. The van der Waals surface area contributed by atoms with E-state index in [4.69, 9.17) is 0 Å². The fourth-order valence-electron chi connectivity index (χ4n) is 3.90. The number of anilines is 1. The number of aliphatic hydroxyl groups excluding tert-OH is 1. The van der Waals surface area contributed by atoms with Crippen molar-refractivity contribution in [1.82, 2.24) is 9.97 Å². The number of nitrogens with zero attached hydrogens (tertiary/aromatic N) is 3. The number of halogens is 3. The number of aliphatic hydroxyl groups is 1. The molecule has 0 saturated heterocycles. The van der Waals surface area contributed by atoms with E-state index < -0.39 is 35.6 Å². The number of benzene rings is 2. The van der Waals surface area contributed by atoms with Crippen LogP contribution < -0.4 is 9.64 Å². The number of carbonyl (C=O) groups excluding carboxylic acids is 2. The second kappa shape index (κ2) is 9.44. The molecule has 0 saturated carbocycles. The van der Waals surface area contributed by atoms with Gasteiger partial charge in [-0.15, -0.1) is 13.2 Å². The minimum absolute atomic E-state index is 0.0734. The van der Waals surface area contributed by atoms with E-state index in [1.807, 2.05) is 13.8 Å². The summed E-state index contributed by atoms with van der Waals surface area (Å²) in [5, 5.41) is 10.8. The lowest BCUT2D eigenvalue weighted by molar-refractivity contribution is -0.274. The van der Waals surface area contributed by atoms with Crippen molar-refractivity contribution in [2.45, 2.75) is 39.1 Å². The van der Waals surface area contributed by atoms with Crippen molar-refractivity contribution < 1.29 is 32.6 Å². The van der Waals surface area contributed by atoms with E-state index in [9.17, 15) is 27.9 Å². The summed E-state index contributed by atoms with van der Waals surface area (Å²) in [5.41, 5.74) is 1.98. The number of aromatic nitrogens is 2. The molecule has 0 spiro atoms. The summed E-state index contributed by atoms with van der Waals surface area (Å²) in [6.45, 7) is 5.75. The number of rotatable bonds is 6. The molecule has 1 unspecified atom stereocenters. The van der Waals surface area contributed by atoms with Crippen LogP contribution in [0.15, 0.2) is 72.3 Å². The molecule has 2 heterocycles. The third kappa shape index (κ3) is 4.93. The van der Waals surface area contributed by atoms with Crippen molar-refractivity contribution in [3.8, 4) is 5.75 Å². The van der Waals surface area contributed by atoms with E-state index in [0.717, 1.165) is 22.6 Å². The molecule has 3 aromatic rings. The van der Waals surface area contributed by atoms with Crippen LogP contribution in [0.5, 0.6) is 5.75 Å². The Labute approximate surface area is 204 Å². The largest absolute Gasteiger partial charge is 0.573 e. The van der Waals surface area contributed by atoms with Gasteiger partial charge in [-0.2, -0.15) is 0 Å². The Kier molecular flexibility index (Phi) is 6.53. The average molecular weight is 497 g/mol. The first-order valence-electron chi connectivity index (χ1n) is 11.0. The Morgan fingerprint density at radius 1 is 1.03 bits per heavy atom. The molecule has 1 aliphatic rings. The highest BCUT2D eigenvalue weighted by Gasteiger charge is 2.46. The zero-order valence-corrected chi connectivity index (χ0v) is 19.6. The number of hydrogen-bond acceptors (Lipinski definition) is 6. The molecule has 0 fully saturated rings. The standard InChI is InChI=1S/C26H22F3N3O4/c1-14(2)16-4-6-18(7-5-16)22(33)20-21(17-8-10-19(11-9-17)36-26(27,28)29)32(24(35)23(20)34)25-30-12-15(3)13-31-25/h4-14,21,34H,1-3H3. The molecule has 0 bridgehead atoms. The summed E-state index contributed by atoms with van der Waals surface area (Å²) in [7, 11) is 0. The van der Waals surface area contributed by atoms with Gasteiger partial charge in [0.05, 0.1) is 11.6 Å². The zero-order chi connectivity index (χ0) is 26.2. The van der Waals surface area contributed by atoms with Gasteiger partial charge in [0.15, 0.2) is 11.5 Å². The summed E-state index contributed by atoms with van der Waals surface area (Å²) in [4.78, 5) is 36.0. The summed E-state index contributed by atoms with van der Waals surface area (Å²) in [6, 6.07) is 10.3. The Balaban J connectivity index is 1.79. The molecule has 36 heavy (non-hydrogen) atoms. The van der Waals surface area contributed by atoms with Gasteiger partial charge in [-0.25, -0.2) is 9.97 Å². The van der Waals surface area contributed by atoms with Gasteiger partial charge in [-0.1, -0.05) is 50.2 Å². The van der Waals surface area contributed by atoms with Crippen molar-refractivity contribution in [3.05, 3.63) is 94.5 Å². The Bertz CT molecular complexity index is 1320. The SMILES string of the molecule is Cc1cnc(N2C(=O)C(O)=C(C(=O)c3ccc(C(C)C)cc3)C2c2ccc(OC(F)(F)F)cc2)nc1. The first-order chi connectivity index (χ1) is 17.0. The maximum absolute atomic E-state index is 13.5. The van der Waals surface area contributed by atoms with Gasteiger partial charge in [-0.05, 0) is 41.7 Å². The molecule has 1 N–H and O–H groups in total. The van der Waals surface area contributed by atoms with E-state index in [-0.39, 0.29) is 28.6 Å². The van der Waals surface area contributed by atoms with Crippen LogP contribution >= 0.6 is 0 Å².